The standard InChI is InChI=1S/2C22H17ClO/c2*23-18-11-10-17-9-8-16-5-1-2-7-20(16)22(21(17)14-18)13-15-4-3-6-19(24)12-15/h2*1-7,10-14,24H,8-9H2/b22-13+;22-13-. The molecule has 0 bridgehead atoms. The van der Waals surface area contributed by atoms with Crippen molar-refractivity contribution in [2.45, 2.75) is 25.7 Å². The summed E-state index contributed by atoms with van der Waals surface area (Å²) in [4.78, 5) is 0. The van der Waals surface area contributed by atoms with Crippen LogP contribution in [0.25, 0.3) is 23.3 Å². The van der Waals surface area contributed by atoms with Crippen molar-refractivity contribution in [2.24, 2.45) is 0 Å². The summed E-state index contributed by atoms with van der Waals surface area (Å²) in [6, 6.07) is 44.0. The third-order valence-electron chi connectivity index (χ3n) is 9.03. The van der Waals surface area contributed by atoms with Crippen LogP contribution in [0.4, 0.5) is 0 Å². The molecule has 236 valence electrons. The fourth-order valence-corrected chi connectivity index (χ4v) is 7.08. The lowest BCUT2D eigenvalue weighted by molar-refractivity contribution is 0.474. The lowest BCUT2D eigenvalue weighted by Gasteiger charge is -2.13. The molecule has 0 saturated carbocycles. The van der Waals surface area contributed by atoms with Crippen molar-refractivity contribution in [1.29, 1.82) is 0 Å². The molecule has 2 aliphatic rings. The van der Waals surface area contributed by atoms with E-state index in [2.05, 4.69) is 72.8 Å². The number of halogens is 2. The van der Waals surface area contributed by atoms with Gasteiger partial charge < -0.3 is 10.2 Å². The number of rotatable bonds is 2. The highest BCUT2D eigenvalue weighted by molar-refractivity contribution is 6.31. The monoisotopic (exact) mass is 664 g/mol. The number of aromatic hydroxyl groups is 2. The number of fused-ring (bicyclic) bond motifs is 4. The van der Waals surface area contributed by atoms with Gasteiger partial charge in [-0.25, -0.2) is 0 Å². The number of phenols is 2. The van der Waals surface area contributed by atoms with Crippen LogP contribution in [0, 0.1) is 0 Å². The molecule has 0 heterocycles. The summed E-state index contributed by atoms with van der Waals surface area (Å²) in [6.07, 6.45) is 8.31. The minimum absolute atomic E-state index is 0.276. The second-order valence-corrected chi connectivity index (χ2v) is 13.1. The van der Waals surface area contributed by atoms with Crippen LogP contribution in [-0.4, -0.2) is 10.2 Å². The van der Waals surface area contributed by atoms with E-state index in [4.69, 9.17) is 23.2 Å². The summed E-state index contributed by atoms with van der Waals surface area (Å²) in [5.41, 5.74) is 14.4. The van der Waals surface area contributed by atoms with Gasteiger partial charge >= 0.3 is 0 Å². The maximum Gasteiger partial charge on any atom is 0.116 e. The Kier molecular flexibility index (Phi) is 9.20. The van der Waals surface area contributed by atoms with Crippen molar-refractivity contribution in [3.63, 3.8) is 0 Å². The molecule has 2 aliphatic carbocycles. The van der Waals surface area contributed by atoms with E-state index < -0.39 is 0 Å². The summed E-state index contributed by atoms with van der Waals surface area (Å²) in [5, 5.41) is 21.1. The Labute approximate surface area is 291 Å². The Morgan fingerprint density at radius 2 is 0.792 bits per heavy atom. The molecule has 0 spiro atoms. The van der Waals surface area contributed by atoms with E-state index >= 15 is 0 Å². The number of aryl methyl sites for hydroxylation is 4. The average molecular weight is 666 g/mol. The predicted molar refractivity (Wildman–Crippen MR) is 201 cm³/mol. The first kappa shape index (κ1) is 31.6. The first-order valence-corrected chi connectivity index (χ1v) is 16.9. The van der Waals surface area contributed by atoms with E-state index in [-0.39, 0.29) is 11.5 Å². The lowest BCUT2D eigenvalue weighted by atomic mass is 9.92. The van der Waals surface area contributed by atoms with Gasteiger partial charge in [-0.3, -0.25) is 0 Å². The molecule has 0 unspecified atom stereocenters. The van der Waals surface area contributed by atoms with Crippen LogP contribution < -0.4 is 0 Å². The zero-order valence-corrected chi connectivity index (χ0v) is 27.8. The molecule has 0 aliphatic heterocycles. The SMILES string of the molecule is Oc1cccc(/C=C2/c3ccccc3CCc3ccc(Cl)cc32)c1.Oc1cccc(/C=C2\c3ccccc3CCc3ccc(Cl)cc32)c1. The van der Waals surface area contributed by atoms with E-state index in [0.717, 1.165) is 58.0 Å². The van der Waals surface area contributed by atoms with E-state index in [0.29, 0.717) is 0 Å². The maximum absolute atomic E-state index is 9.78. The average Bonchev–Trinajstić information content (AvgIpc) is 3.33. The molecular formula is C44H34Cl2O2. The Morgan fingerprint density at radius 3 is 1.21 bits per heavy atom. The van der Waals surface area contributed by atoms with Crippen molar-refractivity contribution in [1.82, 2.24) is 0 Å². The van der Waals surface area contributed by atoms with Gasteiger partial charge in [-0.2, -0.15) is 0 Å². The van der Waals surface area contributed by atoms with Crippen LogP contribution >= 0.6 is 23.2 Å². The maximum atomic E-state index is 9.78. The summed E-state index contributed by atoms with van der Waals surface area (Å²) < 4.78 is 0. The van der Waals surface area contributed by atoms with Crippen LogP contribution in [0.1, 0.15) is 55.6 Å². The molecule has 6 aromatic rings. The highest BCUT2D eigenvalue weighted by atomic mass is 35.5. The second-order valence-electron chi connectivity index (χ2n) is 12.2. The molecule has 48 heavy (non-hydrogen) atoms. The topological polar surface area (TPSA) is 40.5 Å². The smallest absolute Gasteiger partial charge is 0.116 e. The summed E-state index contributed by atoms with van der Waals surface area (Å²) in [7, 11) is 0. The molecule has 0 atom stereocenters. The first-order valence-electron chi connectivity index (χ1n) is 16.2. The highest BCUT2D eigenvalue weighted by Gasteiger charge is 2.20. The van der Waals surface area contributed by atoms with Gasteiger partial charge in [-0.1, -0.05) is 108 Å². The Bertz CT molecular complexity index is 2040. The molecule has 4 heteroatoms. The van der Waals surface area contributed by atoms with Gasteiger partial charge in [-0.05, 0) is 153 Å². The molecule has 0 fully saturated rings. The third-order valence-corrected chi connectivity index (χ3v) is 9.50. The molecular weight excluding hydrogens is 631 g/mol. The van der Waals surface area contributed by atoms with Gasteiger partial charge in [0.1, 0.15) is 11.5 Å². The predicted octanol–water partition coefficient (Wildman–Crippen LogP) is 11.5. The number of phenolic OH excluding ortho intramolecular Hbond substituents is 2. The fourth-order valence-electron chi connectivity index (χ4n) is 6.74. The normalized spacial score (nSPS) is 14.8. The molecule has 2 nitrogen and oxygen atoms in total. The largest absolute Gasteiger partial charge is 0.508 e. The molecule has 0 amide bonds. The van der Waals surface area contributed by atoms with Crippen LogP contribution in [-0.2, 0) is 25.7 Å². The van der Waals surface area contributed by atoms with Gasteiger partial charge in [0.2, 0.25) is 0 Å². The fraction of sp³-hybridized carbons (Fsp3) is 0.0909. The van der Waals surface area contributed by atoms with Gasteiger partial charge in [0, 0.05) is 10.0 Å². The molecule has 6 aromatic carbocycles. The Balaban J connectivity index is 0.000000152. The van der Waals surface area contributed by atoms with Crippen molar-refractivity contribution in [3.8, 4) is 11.5 Å². The quantitative estimate of drug-likeness (QED) is 0.193. The zero-order valence-electron chi connectivity index (χ0n) is 26.3. The van der Waals surface area contributed by atoms with Crippen molar-refractivity contribution in [2.75, 3.05) is 0 Å². The summed E-state index contributed by atoms with van der Waals surface area (Å²) >= 11 is 12.6. The number of hydrogen-bond donors (Lipinski definition) is 2. The van der Waals surface area contributed by atoms with E-state index in [1.807, 2.05) is 48.5 Å². The van der Waals surface area contributed by atoms with Crippen LogP contribution in [0.5, 0.6) is 11.5 Å². The van der Waals surface area contributed by atoms with E-state index in [9.17, 15) is 10.2 Å². The molecule has 0 saturated heterocycles. The van der Waals surface area contributed by atoms with E-state index in [1.54, 1.807) is 24.3 Å². The summed E-state index contributed by atoms with van der Waals surface area (Å²) in [6.45, 7) is 0. The van der Waals surface area contributed by atoms with Crippen LogP contribution in [0.3, 0.4) is 0 Å². The van der Waals surface area contributed by atoms with Gasteiger partial charge in [0.15, 0.2) is 0 Å². The van der Waals surface area contributed by atoms with Gasteiger partial charge in [0.25, 0.3) is 0 Å². The summed E-state index contributed by atoms with van der Waals surface area (Å²) in [5.74, 6) is 0.551. The van der Waals surface area contributed by atoms with Crippen molar-refractivity contribution < 1.29 is 10.2 Å². The minimum Gasteiger partial charge on any atom is -0.508 e. The lowest BCUT2D eigenvalue weighted by Crippen LogP contribution is -1.92. The van der Waals surface area contributed by atoms with Gasteiger partial charge in [0.05, 0.1) is 0 Å². The van der Waals surface area contributed by atoms with Crippen LogP contribution in [0.15, 0.2) is 133 Å². The molecule has 2 N–H and O–H groups in total. The van der Waals surface area contributed by atoms with Crippen molar-refractivity contribution >= 4 is 46.5 Å². The third kappa shape index (κ3) is 6.96. The number of benzene rings is 6. The van der Waals surface area contributed by atoms with Gasteiger partial charge in [-0.15, -0.1) is 0 Å². The van der Waals surface area contributed by atoms with Crippen molar-refractivity contribution in [3.05, 3.63) is 199 Å². The number of hydrogen-bond acceptors (Lipinski definition) is 2. The second kappa shape index (κ2) is 14.0. The highest BCUT2D eigenvalue weighted by Crippen LogP contribution is 2.38. The van der Waals surface area contributed by atoms with Crippen LogP contribution in [0.2, 0.25) is 10.0 Å². The first-order chi connectivity index (χ1) is 23.4. The Morgan fingerprint density at radius 1 is 0.396 bits per heavy atom. The molecule has 8 rings (SSSR count). The Hall–Kier alpha value is -5.02. The molecule has 0 aromatic heterocycles. The van der Waals surface area contributed by atoms with E-state index in [1.165, 1.54) is 44.5 Å². The molecule has 0 radical (unpaired) electrons. The minimum atomic E-state index is 0.276. The zero-order chi connectivity index (χ0) is 33.0.